The molecule has 0 bridgehead atoms. The standard InChI is InChI=1S/C12H15P/c1-8-5-4-6-11(8)12-9(2)7-10(3)13-12/h4-5,7,13H,6H2,1-3H3. The predicted octanol–water partition coefficient (Wildman–Crippen LogP) is 4.07. The van der Waals surface area contributed by atoms with Crippen molar-refractivity contribution in [2.75, 3.05) is 0 Å². The predicted molar refractivity (Wildman–Crippen MR) is 61.8 cm³/mol. The molecule has 1 unspecified atom stereocenters. The van der Waals surface area contributed by atoms with E-state index in [0.717, 1.165) is 14.6 Å². The van der Waals surface area contributed by atoms with Crippen LogP contribution in [0, 0.1) is 13.8 Å². The van der Waals surface area contributed by atoms with E-state index in [0.29, 0.717) is 0 Å². The molecular weight excluding hydrogens is 175 g/mol. The highest BCUT2D eigenvalue weighted by molar-refractivity contribution is 7.33. The molecule has 1 aliphatic rings. The Balaban J connectivity index is 2.47. The molecule has 68 valence electrons. The largest absolute Gasteiger partial charge is 0.129 e. The van der Waals surface area contributed by atoms with Gasteiger partial charge in [0.1, 0.15) is 0 Å². The van der Waals surface area contributed by atoms with E-state index in [9.17, 15) is 0 Å². The minimum Gasteiger partial charge on any atom is -0.129 e. The van der Waals surface area contributed by atoms with Crippen LogP contribution in [0.2, 0.25) is 0 Å². The molecule has 1 heteroatoms. The maximum absolute atomic E-state index is 2.33. The van der Waals surface area contributed by atoms with Crippen LogP contribution in [0.3, 0.4) is 0 Å². The monoisotopic (exact) mass is 190 g/mol. The van der Waals surface area contributed by atoms with Crippen LogP contribution in [0.5, 0.6) is 0 Å². The van der Waals surface area contributed by atoms with Crippen molar-refractivity contribution in [2.45, 2.75) is 27.2 Å². The zero-order chi connectivity index (χ0) is 9.42. The van der Waals surface area contributed by atoms with Gasteiger partial charge in [-0.1, -0.05) is 18.2 Å². The summed E-state index contributed by atoms with van der Waals surface area (Å²) in [6, 6.07) is 2.33. The molecule has 0 radical (unpaired) electrons. The van der Waals surface area contributed by atoms with Crippen molar-refractivity contribution in [1.29, 1.82) is 0 Å². The Kier molecular flexibility index (Phi) is 2.17. The fourth-order valence-corrected chi connectivity index (χ4v) is 3.36. The van der Waals surface area contributed by atoms with Crippen LogP contribution in [0.25, 0.3) is 5.57 Å². The Morgan fingerprint density at radius 1 is 1.23 bits per heavy atom. The van der Waals surface area contributed by atoms with E-state index in [2.05, 4.69) is 39.0 Å². The third-order valence-electron chi connectivity index (χ3n) is 2.62. The van der Waals surface area contributed by atoms with Crippen molar-refractivity contribution in [3.05, 3.63) is 39.9 Å². The summed E-state index contributed by atoms with van der Waals surface area (Å²) in [5, 5.41) is 3.12. The van der Waals surface area contributed by atoms with E-state index < -0.39 is 0 Å². The van der Waals surface area contributed by atoms with Gasteiger partial charge in [0.15, 0.2) is 0 Å². The van der Waals surface area contributed by atoms with Crippen molar-refractivity contribution >= 4 is 13.8 Å². The maximum Gasteiger partial charge on any atom is -0.00210 e. The molecule has 0 aromatic carbocycles. The van der Waals surface area contributed by atoms with Gasteiger partial charge in [0.2, 0.25) is 0 Å². The molecule has 2 rings (SSSR count). The zero-order valence-electron chi connectivity index (χ0n) is 8.44. The molecule has 1 aliphatic carbocycles. The van der Waals surface area contributed by atoms with E-state index in [1.807, 2.05) is 0 Å². The van der Waals surface area contributed by atoms with Crippen molar-refractivity contribution < 1.29 is 0 Å². The van der Waals surface area contributed by atoms with Crippen LogP contribution >= 0.6 is 8.19 Å². The molecule has 0 N–H and O–H groups in total. The summed E-state index contributed by atoms with van der Waals surface area (Å²) in [6.45, 7) is 6.68. The summed E-state index contributed by atoms with van der Waals surface area (Å²) in [4.78, 5) is 0. The topological polar surface area (TPSA) is 0 Å². The zero-order valence-corrected chi connectivity index (χ0v) is 9.44. The lowest BCUT2D eigenvalue weighted by atomic mass is 10.1. The normalized spacial score (nSPS) is 16.5. The first-order valence-electron chi connectivity index (χ1n) is 4.71. The summed E-state index contributed by atoms with van der Waals surface area (Å²) in [6.07, 6.45) is 5.66. The average Bonchev–Trinajstić information content (AvgIpc) is 2.58. The van der Waals surface area contributed by atoms with Gasteiger partial charge in [0, 0.05) is 0 Å². The SMILES string of the molecule is CC1=C(c2[pH]c(C)cc2C)CC=C1. The number of hydrogen-bond acceptors (Lipinski definition) is 0. The second-order valence-corrected chi connectivity index (χ2v) is 5.32. The van der Waals surface area contributed by atoms with Crippen LogP contribution in [0.1, 0.15) is 29.5 Å². The average molecular weight is 190 g/mol. The maximum atomic E-state index is 2.33. The van der Waals surface area contributed by atoms with Gasteiger partial charge in [-0.2, -0.15) is 0 Å². The molecule has 0 saturated carbocycles. The van der Waals surface area contributed by atoms with Crippen LogP contribution in [0.4, 0.5) is 0 Å². The van der Waals surface area contributed by atoms with Gasteiger partial charge in [0.05, 0.1) is 0 Å². The van der Waals surface area contributed by atoms with Crippen LogP contribution in [-0.2, 0) is 0 Å². The van der Waals surface area contributed by atoms with Crippen molar-refractivity contribution in [1.82, 2.24) is 0 Å². The van der Waals surface area contributed by atoms with Gasteiger partial charge >= 0.3 is 0 Å². The highest BCUT2D eigenvalue weighted by Crippen LogP contribution is 2.38. The van der Waals surface area contributed by atoms with E-state index in [-0.39, 0.29) is 0 Å². The molecule has 0 nitrogen and oxygen atoms in total. The van der Waals surface area contributed by atoms with Crippen LogP contribution in [-0.4, -0.2) is 0 Å². The molecule has 1 atom stereocenters. The molecule has 1 heterocycles. The molecule has 1 aromatic heterocycles. The quantitative estimate of drug-likeness (QED) is 0.626. The third-order valence-corrected chi connectivity index (χ3v) is 4.10. The summed E-state index contributed by atoms with van der Waals surface area (Å²) in [7, 11) is 0.917. The van der Waals surface area contributed by atoms with E-state index in [4.69, 9.17) is 0 Å². The van der Waals surface area contributed by atoms with Gasteiger partial charge in [-0.3, -0.25) is 0 Å². The molecular formula is C12H15P. The molecule has 0 spiro atoms. The molecule has 0 saturated heterocycles. The highest BCUT2D eigenvalue weighted by atomic mass is 31.0. The lowest BCUT2D eigenvalue weighted by Crippen LogP contribution is -1.80. The molecule has 0 aliphatic heterocycles. The van der Waals surface area contributed by atoms with Crippen LogP contribution in [0.15, 0.2) is 23.8 Å². The molecule has 0 fully saturated rings. The van der Waals surface area contributed by atoms with Crippen molar-refractivity contribution in [3.63, 3.8) is 0 Å². The fraction of sp³-hybridized carbons (Fsp3) is 0.333. The highest BCUT2D eigenvalue weighted by Gasteiger charge is 2.11. The lowest BCUT2D eigenvalue weighted by Gasteiger charge is -2.02. The second kappa shape index (κ2) is 3.20. The Labute approximate surface area is 81.5 Å². The molecule has 13 heavy (non-hydrogen) atoms. The number of allylic oxidation sites excluding steroid dienone is 4. The Morgan fingerprint density at radius 2 is 2.00 bits per heavy atom. The Morgan fingerprint density at radius 3 is 2.46 bits per heavy atom. The van der Waals surface area contributed by atoms with Gasteiger partial charge in [-0.15, -0.1) is 8.19 Å². The summed E-state index contributed by atoms with van der Waals surface area (Å²) in [5.74, 6) is 0. The second-order valence-electron chi connectivity index (χ2n) is 3.78. The van der Waals surface area contributed by atoms with Gasteiger partial charge in [-0.05, 0) is 54.5 Å². The minimum atomic E-state index is 0.917. The first-order valence-corrected chi connectivity index (χ1v) is 5.71. The fourth-order valence-electron chi connectivity index (χ4n) is 1.96. The number of rotatable bonds is 1. The Bertz CT molecular complexity index is 391. The van der Waals surface area contributed by atoms with E-state index in [1.54, 1.807) is 10.9 Å². The summed E-state index contributed by atoms with van der Waals surface area (Å²) < 4.78 is 0. The Hall–Kier alpha value is -0.740. The van der Waals surface area contributed by atoms with Gasteiger partial charge in [-0.25, -0.2) is 0 Å². The summed E-state index contributed by atoms with van der Waals surface area (Å²) in [5.41, 5.74) is 4.52. The molecule has 1 aromatic rings. The van der Waals surface area contributed by atoms with Gasteiger partial charge < -0.3 is 0 Å². The van der Waals surface area contributed by atoms with Crippen molar-refractivity contribution in [2.24, 2.45) is 0 Å². The summed E-state index contributed by atoms with van der Waals surface area (Å²) >= 11 is 0. The number of hydrogen-bond donors (Lipinski definition) is 0. The first kappa shape index (κ1) is 8.84. The van der Waals surface area contributed by atoms with E-state index in [1.165, 1.54) is 16.4 Å². The van der Waals surface area contributed by atoms with Crippen LogP contribution < -0.4 is 0 Å². The first-order chi connectivity index (χ1) is 6.18. The lowest BCUT2D eigenvalue weighted by molar-refractivity contribution is 1.40. The number of aryl methyl sites for hydroxylation is 2. The minimum absolute atomic E-state index is 0.917. The van der Waals surface area contributed by atoms with Gasteiger partial charge in [0.25, 0.3) is 0 Å². The van der Waals surface area contributed by atoms with E-state index >= 15 is 0 Å². The molecule has 0 amide bonds. The van der Waals surface area contributed by atoms with Crippen molar-refractivity contribution in [3.8, 4) is 0 Å². The smallest absolute Gasteiger partial charge is 0.00210 e. The third kappa shape index (κ3) is 1.51.